The number of ether oxygens (including phenoxy) is 2. The predicted octanol–water partition coefficient (Wildman–Crippen LogP) is 5.72. The van der Waals surface area contributed by atoms with Crippen molar-refractivity contribution in [3.63, 3.8) is 0 Å². The maximum absolute atomic E-state index is 12.7. The Morgan fingerprint density at radius 1 is 0.959 bits per heavy atom. The third kappa shape index (κ3) is 12.1. The van der Waals surface area contributed by atoms with E-state index in [0.717, 1.165) is 12.8 Å². The topological polar surface area (TPSA) is 217 Å². The van der Waals surface area contributed by atoms with Crippen LogP contribution in [0, 0.1) is 0 Å². The van der Waals surface area contributed by atoms with Crippen molar-refractivity contribution >= 4 is 95.5 Å². The molecule has 266 valence electrons. The van der Waals surface area contributed by atoms with Crippen molar-refractivity contribution in [2.45, 2.75) is 32.6 Å². The zero-order valence-corrected chi connectivity index (χ0v) is 29.8. The van der Waals surface area contributed by atoms with Gasteiger partial charge in [0.2, 0.25) is 0 Å². The summed E-state index contributed by atoms with van der Waals surface area (Å²) < 4.78 is 19.7. The van der Waals surface area contributed by atoms with Crippen molar-refractivity contribution in [1.82, 2.24) is 5.32 Å². The van der Waals surface area contributed by atoms with Crippen LogP contribution >= 0.6 is 54.0 Å². The summed E-state index contributed by atoms with van der Waals surface area (Å²) in [7, 11) is -2.76. The van der Waals surface area contributed by atoms with E-state index in [1.54, 1.807) is 25.1 Å². The summed E-state index contributed by atoms with van der Waals surface area (Å²) in [5.41, 5.74) is 1.93. The molecule has 49 heavy (non-hydrogen) atoms. The maximum Gasteiger partial charge on any atom is 0.349 e. The van der Waals surface area contributed by atoms with Gasteiger partial charge in [0.1, 0.15) is 10.6 Å². The zero-order chi connectivity index (χ0) is 37.1. The highest BCUT2D eigenvalue weighted by atomic mass is 35.5. The Hall–Kier alpha value is -3.46. The predicted molar refractivity (Wildman–Crippen MR) is 182 cm³/mol. The van der Waals surface area contributed by atoms with Crippen LogP contribution in [0.3, 0.4) is 0 Å². The molecule has 14 nitrogen and oxygen atoms in total. The Morgan fingerprint density at radius 3 is 1.98 bits per heavy atom. The molecule has 0 bridgehead atoms. The number of amides is 2. The van der Waals surface area contributed by atoms with Crippen LogP contribution in [0.4, 0.5) is 5.69 Å². The van der Waals surface area contributed by atoms with Crippen molar-refractivity contribution in [2.75, 3.05) is 31.4 Å². The third-order valence-electron chi connectivity index (χ3n) is 6.45. The Morgan fingerprint density at radius 2 is 1.51 bits per heavy atom. The van der Waals surface area contributed by atoms with E-state index in [-0.39, 0.29) is 44.8 Å². The molecule has 4 rings (SSSR count). The summed E-state index contributed by atoms with van der Waals surface area (Å²) in [5, 5.41) is 19.4. The number of aliphatic carboxylic acids is 1. The van der Waals surface area contributed by atoms with Crippen molar-refractivity contribution in [1.29, 1.82) is 0 Å². The second kappa shape index (κ2) is 19.1. The number of aromatic carboxylic acids is 1. The molecule has 2 aromatic carbocycles. The lowest BCUT2D eigenvalue weighted by Crippen LogP contribution is -2.31. The summed E-state index contributed by atoms with van der Waals surface area (Å²) in [6, 6.07) is 7.63. The molecule has 0 unspecified atom stereocenters. The normalized spacial score (nSPS) is 14.3. The third-order valence-corrected chi connectivity index (χ3v) is 8.31. The lowest BCUT2D eigenvalue weighted by molar-refractivity contribution is -0.138. The molecule has 1 aliphatic carbocycles. The molecule has 5 N–H and O–H groups in total. The van der Waals surface area contributed by atoms with Gasteiger partial charge in [-0.05, 0) is 74.6 Å². The van der Waals surface area contributed by atoms with Gasteiger partial charge < -0.3 is 29.5 Å². The number of benzene rings is 2. The van der Waals surface area contributed by atoms with Gasteiger partial charge >= 0.3 is 25.5 Å². The summed E-state index contributed by atoms with van der Waals surface area (Å²) in [6.07, 6.45) is 3.85. The monoisotopic (exact) mass is 782 g/mol. The SMILES string of the molecule is CCOC(=O)/C(Cl)=C/c1cc(N2C(=O)C3=C(CCCC3)C2=O)ccc1Cl.COc1c(Cl)ccc(Cl)c1C(=O)O.O=C(O)CNCP(=O)(O)O. The number of nitrogens with one attached hydrogen (secondary N) is 1. The number of hydrogen-bond acceptors (Lipinski definition) is 9. The summed E-state index contributed by atoms with van der Waals surface area (Å²) in [5.74, 6) is -3.45. The van der Waals surface area contributed by atoms with Gasteiger partial charge in [0.25, 0.3) is 11.8 Å². The second-order valence-electron chi connectivity index (χ2n) is 9.91. The smallest absolute Gasteiger partial charge is 0.349 e. The number of methoxy groups -OCH3 is 1. The molecule has 0 atom stereocenters. The molecule has 0 fully saturated rings. The molecule has 19 heteroatoms. The van der Waals surface area contributed by atoms with Crippen LogP contribution in [0.15, 0.2) is 46.5 Å². The molecule has 2 aliphatic rings. The minimum Gasteiger partial charge on any atom is -0.494 e. The molecule has 2 aromatic rings. The van der Waals surface area contributed by atoms with Crippen molar-refractivity contribution in [2.24, 2.45) is 0 Å². The van der Waals surface area contributed by atoms with Crippen molar-refractivity contribution in [3.05, 3.63) is 72.7 Å². The summed E-state index contributed by atoms with van der Waals surface area (Å²) in [4.78, 5) is 75.0. The molecular weight excluding hydrogens is 753 g/mol. The van der Waals surface area contributed by atoms with Crippen molar-refractivity contribution < 1.29 is 58.0 Å². The number of hydrogen-bond donors (Lipinski definition) is 5. The Labute approximate surface area is 300 Å². The van der Waals surface area contributed by atoms with Gasteiger partial charge in [0.05, 0.1) is 42.3 Å². The summed E-state index contributed by atoms with van der Waals surface area (Å²) in [6.45, 7) is 1.44. The zero-order valence-electron chi connectivity index (χ0n) is 25.9. The number of halogens is 4. The van der Waals surface area contributed by atoms with Crippen LogP contribution in [0.2, 0.25) is 15.1 Å². The number of nitrogens with zero attached hydrogens (tertiary/aromatic N) is 1. The number of esters is 1. The molecule has 0 radical (unpaired) electrons. The number of carbonyl (C=O) groups excluding carboxylic acids is 3. The number of carboxylic acid groups (broad SMARTS) is 2. The van der Waals surface area contributed by atoms with E-state index in [1.165, 1.54) is 30.2 Å². The Balaban J connectivity index is 0.000000302. The van der Waals surface area contributed by atoms with Gasteiger partial charge in [-0.1, -0.05) is 46.4 Å². The van der Waals surface area contributed by atoms with Crippen LogP contribution in [0.5, 0.6) is 5.75 Å². The van der Waals surface area contributed by atoms with E-state index in [2.05, 4.69) is 5.32 Å². The molecule has 1 aliphatic heterocycles. The Bertz CT molecular complexity index is 1700. The lowest BCUT2D eigenvalue weighted by atomic mass is 9.93. The van der Waals surface area contributed by atoms with Crippen LogP contribution in [0.25, 0.3) is 6.08 Å². The quantitative estimate of drug-likeness (QED) is 0.0844. The van der Waals surface area contributed by atoms with Gasteiger partial charge in [-0.25, -0.2) is 14.5 Å². The highest BCUT2D eigenvalue weighted by Crippen LogP contribution is 2.37. The summed E-state index contributed by atoms with van der Waals surface area (Å²) >= 11 is 23.5. The fraction of sp³-hybridized carbons (Fsp3) is 0.300. The first kappa shape index (κ1) is 41.7. The highest BCUT2D eigenvalue weighted by molar-refractivity contribution is 7.51. The number of carboxylic acids is 2. The fourth-order valence-corrected chi connectivity index (χ4v) is 5.60. The van der Waals surface area contributed by atoms with Gasteiger partial charge in [0.15, 0.2) is 5.75 Å². The van der Waals surface area contributed by atoms with E-state index in [9.17, 15) is 28.5 Å². The molecule has 0 aromatic heterocycles. The van der Waals surface area contributed by atoms with Gasteiger partial charge in [-0.15, -0.1) is 0 Å². The lowest BCUT2D eigenvalue weighted by Gasteiger charge is -2.16. The molecule has 2 amide bonds. The van der Waals surface area contributed by atoms with Crippen LogP contribution in [-0.2, 0) is 28.5 Å². The molecule has 0 saturated heterocycles. The highest BCUT2D eigenvalue weighted by Gasteiger charge is 2.39. The molecule has 0 saturated carbocycles. The van der Waals surface area contributed by atoms with Crippen LogP contribution < -0.4 is 15.0 Å². The number of anilines is 1. The average Bonchev–Trinajstić information content (AvgIpc) is 3.28. The fourth-order valence-electron chi connectivity index (χ4n) is 4.39. The molecule has 1 heterocycles. The van der Waals surface area contributed by atoms with E-state index in [4.69, 9.17) is 75.9 Å². The maximum atomic E-state index is 12.7. The minimum absolute atomic E-state index is 0.0849. The number of rotatable bonds is 10. The van der Waals surface area contributed by atoms with Gasteiger partial charge in [-0.2, -0.15) is 0 Å². The first-order valence-electron chi connectivity index (χ1n) is 14.1. The molecular formula is C30H31Cl4N2O12P. The van der Waals surface area contributed by atoms with E-state index in [0.29, 0.717) is 40.3 Å². The Kier molecular flexibility index (Phi) is 16.2. The van der Waals surface area contributed by atoms with Crippen LogP contribution in [-0.4, -0.2) is 76.3 Å². The van der Waals surface area contributed by atoms with E-state index in [1.807, 2.05) is 0 Å². The standard InChI is InChI=1S/C19H17Cl2NO4.C8H6Cl2O3.C3H8NO5P/c1-2-26-19(25)16(21)10-11-9-12(7-8-15(11)20)22-17(23)13-5-3-4-6-14(13)18(22)24;1-13-7-5(10)3-2-4(9)6(7)8(11)12;5-3(6)1-4-2-10(7,8)9/h7-10H,2-6H2,1H3;2-3H,1H3,(H,11,12);4H,1-2H2,(H,5,6)(H2,7,8,9)/b16-10-;;. The van der Waals surface area contributed by atoms with Gasteiger partial charge in [-0.3, -0.25) is 24.3 Å². The first-order chi connectivity index (χ1) is 22.9. The van der Waals surface area contributed by atoms with E-state index >= 15 is 0 Å². The first-order valence-corrected chi connectivity index (χ1v) is 17.4. The average molecular weight is 784 g/mol. The number of carbonyl (C=O) groups is 5. The minimum atomic E-state index is -4.10. The number of imide groups is 1. The largest absolute Gasteiger partial charge is 0.494 e. The second-order valence-corrected chi connectivity index (χ2v) is 13.2. The van der Waals surface area contributed by atoms with Gasteiger partial charge in [0, 0.05) is 16.2 Å². The van der Waals surface area contributed by atoms with Crippen LogP contribution in [0.1, 0.15) is 48.5 Å². The van der Waals surface area contributed by atoms with Crippen molar-refractivity contribution in [3.8, 4) is 5.75 Å². The van der Waals surface area contributed by atoms with E-state index < -0.39 is 38.3 Å². The molecule has 0 spiro atoms.